The second-order valence-electron chi connectivity index (χ2n) is 5.67. The van der Waals surface area contributed by atoms with Gasteiger partial charge in [0.25, 0.3) is 5.91 Å². The fraction of sp³-hybridized carbons (Fsp3) is 0.533. The highest BCUT2D eigenvalue weighted by atomic mass is 32.2. The minimum atomic E-state index is -4.62. The van der Waals surface area contributed by atoms with E-state index in [1.807, 2.05) is 13.8 Å². The first-order valence-corrected chi connectivity index (χ1v) is 8.74. The van der Waals surface area contributed by atoms with Crippen LogP contribution in [0, 0.1) is 0 Å². The second-order valence-corrected chi connectivity index (χ2v) is 7.59. The molecule has 1 aromatic rings. The third kappa shape index (κ3) is 3.14. The number of alkyl halides is 2. The lowest BCUT2D eigenvalue weighted by Crippen LogP contribution is -2.47. The van der Waals surface area contributed by atoms with Gasteiger partial charge in [0.05, 0.1) is 4.90 Å². The number of piperidine rings is 1. The van der Waals surface area contributed by atoms with Crippen LogP contribution in [0.4, 0.5) is 8.78 Å². The zero-order valence-electron chi connectivity index (χ0n) is 12.5. The zero-order valence-corrected chi connectivity index (χ0v) is 13.3. The number of carbonyl (C=O) groups excluding carboxylic acids is 1. The number of sulfone groups is 1. The SMILES string of the molecule is CC1CCCC(C)N1C(=O)c1ccc(S(=O)(=O)C(F)F)cc1. The van der Waals surface area contributed by atoms with Crippen molar-refractivity contribution < 1.29 is 22.0 Å². The van der Waals surface area contributed by atoms with E-state index in [-0.39, 0.29) is 18.0 Å². The second kappa shape index (κ2) is 6.32. The number of benzene rings is 1. The van der Waals surface area contributed by atoms with Crippen molar-refractivity contribution in [3.8, 4) is 0 Å². The van der Waals surface area contributed by atoms with Crippen molar-refractivity contribution in [3.63, 3.8) is 0 Å². The lowest BCUT2D eigenvalue weighted by Gasteiger charge is -2.39. The summed E-state index contributed by atoms with van der Waals surface area (Å²) in [5, 5.41) is 0. The molecule has 122 valence electrons. The maximum absolute atomic E-state index is 12.5. The average molecular weight is 331 g/mol. The molecule has 2 rings (SSSR count). The summed E-state index contributed by atoms with van der Waals surface area (Å²) in [4.78, 5) is 13.8. The molecule has 2 unspecified atom stereocenters. The molecule has 0 aliphatic carbocycles. The molecule has 7 heteroatoms. The summed E-state index contributed by atoms with van der Waals surface area (Å²) in [6.45, 7) is 3.95. The summed E-state index contributed by atoms with van der Waals surface area (Å²) in [7, 11) is -4.62. The van der Waals surface area contributed by atoms with Crippen molar-refractivity contribution in [1.82, 2.24) is 4.90 Å². The summed E-state index contributed by atoms with van der Waals surface area (Å²) >= 11 is 0. The van der Waals surface area contributed by atoms with Crippen LogP contribution in [-0.2, 0) is 9.84 Å². The Kier molecular flexibility index (Phi) is 4.84. The van der Waals surface area contributed by atoms with Gasteiger partial charge in [-0.25, -0.2) is 8.42 Å². The van der Waals surface area contributed by atoms with E-state index in [4.69, 9.17) is 0 Å². The Morgan fingerprint density at radius 1 is 1.14 bits per heavy atom. The number of carbonyl (C=O) groups is 1. The number of hydrogen-bond acceptors (Lipinski definition) is 3. The third-order valence-corrected chi connectivity index (χ3v) is 5.49. The molecule has 1 fully saturated rings. The van der Waals surface area contributed by atoms with Crippen molar-refractivity contribution in [2.45, 2.75) is 55.8 Å². The molecular weight excluding hydrogens is 312 g/mol. The molecule has 1 amide bonds. The predicted molar refractivity (Wildman–Crippen MR) is 78.6 cm³/mol. The van der Waals surface area contributed by atoms with Gasteiger partial charge in [-0.05, 0) is 57.4 Å². The molecule has 0 radical (unpaired) electrons. The Labute approximate surface area is 129 Å². The number of rotatable bonds is 3. The van der Waals surface area contributed by atoms with Crippen LogP contribution in [0.2, 0.25) is 0 Å². The molecule has 4 nitrogen and oxygen atoms in total. The van der Waals surface area contributed by atoms with Crippen LogP contribution in [0.3, 0.4) is 0 Å². The van der Waals surface area contributed by atoms with Gasteiger partial charge in [0, 0.05) is 17.6 Å². The molecule has 1 heterocycles. The van der Waals surface area contributed by atoms with Gasteiger partial charge < -0.3 is 4.90 Å². The fourth-order valence-electron chi connectivity index (χ4n) is 2.86. The van der Waals surface area contributed by atoms with Crippen LogP contribution in [-0.4, -0.2) is 37.1 Å². The van der Waals surface area contributed by atoms with Gasteiger partial charge in [-0.1, -0.05) is 0 Å². The third-order valence-electron chi connectivity index (χ3n) is 4.09. The van der Waals surface area contributed by atoms with Crippen LogP contribution in [0.1, 0.15) is 43.5 Å². The predicted octanol–water partition coefficient (Wildman–Crippen LogP) is 3.09. The topological polar surface area (TPSA) is 54.5 Å². The summed E-state index contributed by atoms with van der Waals surface area (Å²) in [5.74, 6) is -3.66. The van der Waals surface area contributed by atoms with E-state index >= 15 is 0 Å². The summed E-state index contributed by atoms with van der Waals surface area (Å²) in [6.07, 6.45) is 2.92. The minimum Gasteiger partial charge on any atom is -0.333 e. The van der Waals surface area contributed by atoms with Gasteiger partial charge >= 0.3 is 5.76 Å². The lowest BCUT2D eigenvalue weighted by molar-refractivity contribution is 0.0510. The maximum Gasteiger partial charge on any atom is 0.341 e. The van der Waals surface area contributed by atoms with Crippen LogP contribution in [0.5, 0.6) is 0 Å². The van der Waals surface area contributed by atoms with E-state index in [9.17, 15) is 22.0 Å². The van der Waals surface area contributed by atoms with Crippen LogP contribution in [0.15, 0.2) is 29.2 Å². The first-order valence-electron chi connectivity index (χ1n) is 7.20. The van der Waals surface area contributed by atoms with E-state index in [1.54, 1.807) is 4.90 Å². The van der Waals surface area contributed by atoms with Crippen molar-refractivity contribution in [2.75, 3.05) is 0 Å². The largest absolute Gasteiger partial charge is 0.341 e. The van der Waals surface area contributed by atoms with Gasteiger partial charge in [0.2, 0.25) is 9.84 Å². The highest BCUT2D eigenvalue weighted by Gasteiger charge is 2.30. The van der Waals surface area contributed by atoms with Gasteiger partial charge in [-0.15, -0.1) is 0 Å². The smallest absolute Gasteiger partial charge is 0.333 e. The van der Waals surface area contributed by atoms with Gasteiger partial charge in [-0.2, -0.15) is 8.78 Å². The average Bonchev–Trinajstić information content (AvgIpc) is 2.47. The number of nitrogens with zero attached hydrogens (tertiary/aromatic N) is 1. The quantitative estimate of drug-likeness (QED) is 0.855. The molecular formula is C15H19F2NO3S. The van der Waals surface area contributed by atoms with Gasteiger partial charge in [-0.3, -0.25) is 4.79 Å². The number of hydrogen-bond donors (Lipinski definition) is 0. The standard InChI is InChI=1S/C15H19F2NO3S/c1-10-4-3-5-11(2)18(10)14(19)12-6-8-13(9-7-12)22(20,21)15(16)17/h6-11,15H,3-5H2,1-2H3. The first kappa shape index (κ1) is 16.9. The maximum atomic E-state index is 12.5. The molecule has 0 spiro atoms. The normalized spacial score (nSPS) is 22.9. The number of halogens is 2. The van der Waals surface area contributed by atoms with Crippen molar-refractivity contribution in [2.24, 2.45) is 0 Å². The highest BCUT2D eigenvalue weighted by molar-refractivity contribution is 7.91. The Hall–Kier alpha value is -1.50. The van der Waals surface area contributed by atoms with Crippen molar-refractivity contribution in [1.29, 1.82) is 0 Å². The van der Waals surface area contributed by atoms with Crippen molar-refractivity contribution >= 4 is 15.7 Å². The minimum absolute atomic E-state index is 0.112. The molecule has 22 heavy (non-hydrogen) atoms. The molecule has 0 saturated carbocycles. The summed E-state index contributed by atoms with van der Waals surface area (Å²) in [6, 6.07) is 4.95. The molecule has 0 aromatic heterocycles. The van der Waals surface area contributed by atoms with E-state index in [2.05, 4.69) is 0 Å². The monoisotopic (exact) mass is 331 g/mol. The van der Waals surface area contributed by atoms with Gasteiger partial charge in [0.15, 0.2) is 0 Å². The van der Waals surface area contributed by atoms with E-state index in [0.29, 0.717) is 5.56 Å². The molecule has 1 saturated heterocycles. The molecule has 0 N–H and O–H groups in total. The van der Waals surface area contributed by atoms with Crippen molar-refractivity contribution in [3.05, 3.63) is 29.8 Å². The summed E-state index contributed by atoms with van der Waals surface area (Å²) in [5.41, 5.74) is 0.314. The molecule has 2 atom stereocenters. The molecule has 0 bridgehead atoms. The van der Waals surface area contributed by atoms with E-state index in [1.165, 1.54) is 12.1 Å². The molecule has 1 aliphatic rings. The Morgan fingerprint density at radius 3 is 2.09 bits per heavy atom. The lowest BCUT2D eigenvalue weighted by atomic mass is 9.96. The first-order chi connectivity index (χ1) is 10.2. The Morgan fingerprint density at radius 2 is 1.64 bits per heavy atom. The Balaban J connectivity index is 2.25. The van der Waals surface area contributed by atoms with Crippen LogP contribution in [0.25, 0.3) is 0 Å². The number of likely N-dealkylation sites (tertiary alicyclic amines) is 1. The highest BCUT2D eigenvalue weighted by Crippen LogP contribution is 2.25. The molecule has 1 aromatic carbocycles. The number of amides is 1. The van der Waals surface area contributed by atoms with E-state index in [0.717, 1.165) is 31.4 Å². The van der Waals surface area contributed by atoms with Crippen LogP contribution >= 0.6 is 0 Å². The van der Waals surface area contributed by atoms with Crippen LogP contribution < -0.4 is 0 Å². The summed E-state index contributed by atoms with van der Waals surface area (Å²) < 4.78 is 47.7. The molecule has 1 aliphatic heterocycles. The zero-order chi connectivity index (χ0) is 16.5. The fourth-order valence-corrected chi connectivity index (χ4v) is 3.58. The van der Waals surface area contributed by atoms with Gasteiger partial charge in [0.1, 0.15) is 0 Å². The van der Waals surface area contributed by atoms with E-state index < -0.39 is 20.5 Å². The Bertz CT molecular complexity index is 633.